The van der Waals surface area contributed by atoms with Gasteiger partial charge in [-0.15, -0.1) is 0 Å². The summed E-state index contributed by atoms with van der Waals surface area (Å²) in [5.74, 6) is -1.41. The third-order valence-corrected chi connectivity index (χ3v) is 2.86. The summed E-state index contributed by atoms with van der Waals surface area (Å²) in [6.45, 7) is -0.454. The van der Waals surface area contributed by atoms with Crippen molar-refractivity contribution in [1.29, 1.82) is 0 Å². The zero-order valence-corrected chi connectivity index (χ0v) is 11.3. The maximum absolute atomic E-state index is 13.1. The third kappa shape index (κ3) is 3.76. The van der Waals surface area contributed by atoms with Crippen LogP contribution in [0.4, 0.5) is 10.1 Å². The monoisotopic (exact) mass is 309 g/mol. The number of hydrogen-bond acceptors (Lipinski definition) is 4. The summed E-state index contributed by atoms with van der Waals surface area (Å²) in [7, 11) is 0. The molecule has 108 valence electrons. The van der Waals surface area contributed by atoms with E-state index in [1.807, 2.05) is 0 Å². The van der Waals surface area contributed by atoms with E-state index in [9.17, 15) is 19.3 Å². The van der Waals surface area contributed by atoms with Crippen LogP contribution in [0.25, 0.3) is 0 Å². The van der Waals surface area contributed by atoms with Crippen molar-refractivity contribution in [2.75, 3.05) is 6.61 Å². The van der Waals surface area contributed by atoms with Gasteiger partial charge in [-0.2, -0.15) is 0 Å². The van der Waals surface area contributed by atoms with Crippen molar-refractivity contribution in [1.82, 2.24) is 0 Å². The van der Waals surface area contributed by atoms with Crippen molar-refractivity contribution >= 4 is 23.1 Å². The van der Waals surface area contributed by atoms with Crippen LogP contribution >= 0.6 is 11.6 Å². The van der Waals surface area contributed by atoms with Gasteiger partial charge in [0, 0.05) is 22.7 Å². The number of ether oxygens (including phenoxy) is 1. The van der Waals surface area contributed by atoms with Gasteiger partial charge in [0.1, 0.15) is 5.82 Å². The Bertz CT molecular complexity index is 705. The molecule has 0 aliphatic carbocycles. The number of nitro groups is 1. The first kappa shape index (κ1) is 14.9. The van der Waals surface area contributed by atoms with Gasteiger partial charge in [0.2, 0.25) is 0 Å². The van der Waals surface area contributed by atoms with Gasteiger partial charge in [-0.25, -0.2) is 4.39 Å². The smallest absolute Gasteiger partial charge is 0.311 e. The predicted molar refractivity (Wildman–Crippen MR) is 74.3 cm³/mol. The van der Waals surface area contributed by atoms with E-state index in [4.69, 9.17) is 16.3 Å². The van der Waals surface area contributed by atoms with Crippen LogP contribution in [-0.2, 0) is 0 Å². The average Bonchev–Trinajstić information content (AvgIpc) is 2.44. The maximum Gasteiger partial charge on any atom is 0.311 e. The molecule has 0 heterocycles. The molecular formula is C14H9ClFNO4. The molecule has 0 radical (unpaired) electrons. The fourth-order valence-corrected chi connectivity index (χ4v) is 1.83. The SMILES string of the molecule is O=C(COc1cc(F)ccc1[N+](=O)[O-])c1cccc(Cl)c1. The van der Waals surface area contributed by atoms with E-state index >= 15 is 0 Å². The lowest BCUT2D eigenvalue weighted by Crippen LogP contribution is -2.12. The van der Waals surface area contributed by atoms with Gasteiger partial charge in [-0.3, -0.25) is 14.9 Å². The fraction of sp³-hybridized carbons (Fsp3) is 0.0714. The number of nitro benzene ring substituents is 1. The number of rotatable bonds is 5. The second kappa shape index (κ2) is 6.32. The lowest BCUT2D eigenvalue weighted by Gasteiger charge is -2.06. The fourth-order valence-electron chi connectivity index (χ4n) is 1.64. The highest BCUT2D eigenvalue weighted by Gasteiger charge is 2.17. The van der Waals surface area contributed by atoms with E-state index in [1.54, 1.807) is 12.1 Å². The number of hydrogen-bond donors (Lipinski definition) is 0. The van der Waals surface area contributed by atoms with Crippen LogP contribution in [0.1, 0.15) is 10.4 Å². The molecule has 0 saturated heterocycles. The van der Waals surface area contributed by atoms with Gasteiger partial charge >= 0.3 is 5.69 Å². The van der Waals surface area contributed by atoms with Crippen molar-refractivity contribution in [3.05, 3.63) is 69.0 Å². The molecule has 21 heavy (non-hydrogen) atoms. The Morgan fingerprint density at radius 1 is 1.29 bits per heavy atom. The second-order valence-corrected chi connectivity index (χ2v) is 4.53. The Labute approximate surface area is 124 Å². The van der Waals surface area contributed by atoms with Crippen LogP contribution in [0.2, 0.25) is 5.02 Å². The van der Waals surface area contributed by atoms with Crippen molar-refractivity contribution < 1.29 is 18.8 Å². The highest BCUT2D eigenvalue weighted by molar-refractivity contribution is 6.31. The van der Waals surface area contributed by atoms with Crippen LogP contribution in [0, 0.1) is 15.9 Å². The summed E-state index contributed by atoms with van der Waals surface area (Å²) >= 11 is 5.76. The molecule has 0 atom stereocenters. The maximum atomic E-state index is 13.1. The quantitative estimate of drug-likeness (QED) is 0.480. The van der Waals surface area contributed by atoms with Crippen LogP contribution in [-0.4, -0.2) is 17.3 Å². The molecule has 5 nitrogen and oxygen atoms in total. The van der Waals surface area contributed by atoms with Crippen molar-refractivity contribution in [2.45, 2.75) is 0 Å². The number of nitrogens with zero attached hydrogens (tertiary/aromatic N) is 1. The summed E-state index contributed by atoms with van der Waals surface area (Å²) in [6.07, 6.45) is 0. The molecule has 2 rings (SSSR count). The molecule has 2 aromatic rings. The Morgan fingerprint density at radius 3 is 2.71 bits per heavy atom. The molecule has 0 bridgehead atoms. The lowest BCUT2D eigenvalue weighted by molar-refractivity contribution is -0.385. The zero-order valence-electron chi connectivity index (χ0n) is 10.6. The van der Waals surface area contributed by atoms with E-state index in [-0.39, 0.29) is 5.75 Å². The van der Waals surface area contributed by atoms with Gasteiger partial charge in [-0.05, 0) is 18.2 Å². The van der Waals surface area contributed by atoms with Crippen LogP contribution in [0.5, 0.6) is 5.75 Å². The predicted octanol–water partition coefficient (Wildman–Crippen LogP) is 3.65. The normalized spacial score (nSPS) is 10.2. The molecular weight excluding hydrogens is 301 g/mol. The number of carbonyl (C=O) groups is 1. The number of Topliss-reactive ketones (excluding diaryl/α,β-unsaturated/α-hetero) is 1. The summed E-state index contributed by atoms with van der Waals surface area (Å²) in [5, 5.41) is 11.2. The van der Waals surface area contributed by atoms with Crippen molar-refractivity contribution in [3.8, 4) is 5.75 Å². The van der Waals surface area contributed by atoms with Crippen LogP contribution in [0.15, 0.2) is 42.5 Å². The molecule has 0 aliphatic heterocycles. The van der Waals surface area contributed by atoms with Crippen molar-refractivity contribution in [3.63, 3.8) is 0 Å². The number of benzene rings is 2. The summed E-state index contributed by atoms with van der Waals surface area (Å²) in [4.78, 5) is 22.0. The second-order valence-electron chi connectivity index (χ2n) is 4.09. The largest absolute Gasteiger partial charge is 0.478 e. The van der Waals surface area contributed by atoms with Gasteiger partial charge in [0.25, 0.3) is 0 Å². The Morgan fingerprint density at radius 2 is 2.05 bits per heavy atom. The van der Waals surface area contributed by atoms with Crippen LogP contribution < -0.4 is 4.74 Å². The van der Waals surface area contributed by atoms with E-state index < -0.39 is 28.8 Å². The minimum Gasteiger partial charge on any atom is -0.478 e. The van der Waals surface area contributed by atoms with Gasteiger partial charge in [0.15, 0.2) is 18.1 Å². The number of halogens is 2. The van der Waals surface area contributed by atoms with Gasteiger partial charge < -0.3 is 4.74 Å². The Balaban J connectivity index is 2.14. The summed E-state index contributed by atoms with van der Waals surface area (Å²) < 4.78 is 18.2. The first-order valence-electron chi connectivity index (χ1n) is 5.83. The highest BCUT2D eigenvalue weighted by Crippen LogP contribution is 2.27. The Kier molecular flexibility index (Phi) is 4.49. The molecule has 0 unspecified atom stereocenters. The molecule has 0 N–H and O–H groups in total. The molecule has 2 aromatic carbocycles. The molecule has 0 spiro atoms. The standard InChI is InChI=1S/C14H9ClFNO4/c15-10-3-1-2-9(6-10)13(18)8-21-14-7-11(16)4-5-12(14)17(19)20/h1-7H,8H2. The molecule has 0 amide bonds. The van der Waals surface area contributed by atoms with Crippen LogP contribution in [0.3, 0.4) is 0 Å². The molecule has 0 fully saturated rings. The molecule has 0 aliphatic rings. The zero-order chi connectivity index (χ0) is 15.4. The number of carbonyl (C=O) groups excluding carboxylic acids is 1. The topological polar surface area (TPSA) is 69.4 Å². The van der Waals surface area contributed by atoms with E-state index in [1.165, 1.54) is 12.1 Å². The van der Waals surface area contributed by atoms with Gasteiger partial charge in [-0.1, -0.05) is 23.7 Å². The average molecular weight is 310 g/mol. The Hall–Kier alpha value is -2.47. The first-order chi connectivity index (χ1) is 9.97. The highest BCUT2D eigenvalue weighted by atomic mass is 35.5. The molecule has 7 heteroatoms. The van der Waals surface area contributed by atoms with E-state index in [0.29, 0.717) is 10.6 Å². The first-order valence-corrected chi connectivity index (χ1v) is 6.20. The lowest BCUT2D eigenvalue weighted by atomic mass is 10.1. The van der Waals surface area contributed by atoms with E-state index in [2.05, 4.69) is 0 Å². The molecule has 0 saturated carbocycles. The van der Waals surface area contributed by atoms with Gasteiger partial charge in [0.05, 0.1) is 4.92 Å². The molecule has 0 aromatic heterocycles. The summed E-state index contributed by atoms with van der Waals surface area (Å²) in [6, 6.07) is 8.99. The third-order valence-electron chi connectivity index (χ3n) is 2.62. The van der Waals surface area contributed by atoms with E-state index in [0.717, 1.165) is 18.2 Å². The summed E-state index contributed by atoms with van der Waals surface area (Å²) in [5.41, 5.74) is -0.100. The minimum atomic E-state index is -0.710. The number of ketones is 1. The minimum absolute atomic E-state index is 0.296. The van der Waals surface area contributed by atoms with Crippen molar-refractivity contribution in [2.24, 2.45) is 0 Å².